The molecular weight excluding hydrogens is 410 g/mol. The third-order valence-corrected chi connectivity index (χ3v) is 7.52. The first-order chi connectivity index (χ1) is 15.2. The zero-order valence-electron chi connectivity index (χ0n) is 18.3. The molecular formula is C24H33N3O3S. The Morgan fingerprint density at radius 1 is 1.06 bits per heavy atom. The first kappa shape index (κ1) is 22.1. The number of ether oxygens (including phenoxy) is 1. The van der Waals surface area contributed by atoms with Crippen LogP contribution in [0.4, 0.5) is 5.82 Å². The molecule has 1 aliphatic carbocycles. The van der Waals surface area contributed by atoms with Gasteiger partial charge in [0.2, 0.25) is 5.91 Å². The molecule has 1 aromatic carbocycles. The lowest BCUT2D eigenvalue weighted by molar-refractivity contribution is -0.113. The zero-order chi connectivity index (χ0) is 21.6. The number of H-pyrrole nitrogens is 1. The van der Waals surface area contributed by atoms with Crippen molar-refractivity contribution in [2.45, 2.75) is 76.0 Å². The van der Waals surface area contributed by atoms with Crippen LogP contribution in [0.5, 0.6) is 5.75 Å². The van der Waals surface area contributed by atoms with Gasteiger partial charge in [0, 0.05) is 0 Å². The van der Waals surface area contributed by atoms with Gasteiger partial charge in [-0.25, -0.2) is 0 Å². The molecule has 1 saturated carbocycles. The Hall–Kier alpha value is -2.15. The molecule has 1 aliphatic heterocycles. The van der Waals surface area contributed by atoms with Crippen LogP contribution in [0.15, 0.2) is 29.1 Å². The van der Waals surface area contributed by atoms with Crippen molar-refractivity contribution in [3.63, 3.8) is 0 Å². The van der Waals surface area contributed by atoms with Crippen LogP contribution < -0.4 is 15.6 Å². The highest BCUT2D eigenvalue weighted by atomic mass is 32.2. The maximum atomic E-state index is 13.1. The predicted molar refractivity (Wildman–Crippen MR) is 126 cm³/mol. The lowest BCUT2D eigenvalue weighted by atomic mass is 10.1. The Morgan fingerprint density at radius 3 is 2.52 bits per heavy atom. The van der Waals surface area contributed by atoms with Gasteiger partial charge in [-0.15, -0.1) is 11.8 Å². The van der Waals surface area contributed by atoms with Gasteiger partial charge in [-0.2, -0.15) is 0 Å². The number of carbonyl (C=O) groups excluding carboxylic acids is 1. The Balaban J connectivity index is 1.60. The second-order valence-corrected chi connectivity index (χ2v) is 9.68. The smallest absolute Gasteiger partial charge is 0.270 e. The Kier molecular flexibility index (Phi) is 7.43. The van der Waals surface area contributed by atoms with E-state index in [4.69, 9.17) is 4.74 Å². The highest BCUT2D eigenvalue weighted by Gasteiger charge is 2.32. The van der Waals surface area contributed by atoms with E-state index in [1.165, 1.54) is 37.4 Å². The summed E-state index contributed by atoms with van der Waals surface area (Å²) in [4.78, 5) is 25.5. The van der Waals surface area contributed by atoms with E-state index < -0.39 is 0 Å². The van der Waals surface area contributed by atoms with Crippen LogP contribution in [-0.2, 0) is 4.79 Å². The van der Waals surface area contributed by atoms with E-state index in [0.717, 1.165) is 50.0 Å². The predicted octanol–water partition coefficient (Wildman–Crippen LogP) is 5.42. The van der Waals surface area contributed by atoms with Crippen molar-refractivity contribution in [1.29, 1.82) is 0 Å². The van der Waals surface area contributed by atoms with Gasteiger partial charge in [-0.1, -0.05) is 57.6 Å². The van der Waals surface area contributed by atoms with Gasteiger partial charge >= 0.3 is 0 Å². The number of aromatic amines is 1. The summed E-state index contributed by atoms with van der Waals surface area (Å²) < 4.78 is 7.78. The number of carbonyl (C=O) groups is 1. The molecule has 6 nitrogen and oxygen atoms in total. The number of unbranched alkanes of at least 4 members (excludes halogenated alkanes) is 2. The number of hydrogen-bond donors (Lipinski definition) is 2. The number of fused-ring (bicyclic) bond motifs is 1. The molecule has 2 N–H and O–H groups in total. The van der Waals surface area contributed by atoms with Gasteiger partial charge in [0.15, 0.2) is 0 Å². The van der Waals surface area contributed by atoms with Crippen LogP contribution in [0, 0.1) is 0 Å². The third kappa shape index (κ3) is 5.20. The summed E-state index contributed by atoms with van der Waals surface area (Å²) in [5.41, 5.74) is 1.59. The number of anilines is 1. The van der Waals surface area contributed by atoms with Gasteiger partial charge in [0.05, 0.1) is 29.2 Å². The van der Waals surface area contributed by atoms with E-state index >= 15 is 0 Å². The second kappa shape index (κ2) is 10.4. The highest BCUT2D eigenvalue weighted by Crippen LogP contribution is 2.41. The van der Waals surface area contributed by atoms with Crippen LogP contribution in [0.25, 0.3) is 0 Å². The molecule has 2 aromatic rings. The van der Waals surface area contributed by atoms with Crippen molar-refractivity contribution in [2.75, 3.05) is 17.7 Å². The van der Waals surface area contributed by atoms with Crippen molar-refractivity contribution in [2.24, 2.45) is 0 Å². The van der Waals surface area contributed by atoms with Crippen LogP contribution >= 0.6 is 11.8 Å². The molecule has 2 aliphatic rings. The summed E-state index contributed by atoms with van der Waals surface area (Å²) in [6.07, 6.45) is 10.3. The average Bonchev–Trinajstić information content (AvgIpc) is 2.98. The molecule has 168 valence electrons. The maximum Gasteiger partial charge on any atom is 0.270 e. The molecule has 1 amide bonds. The van der Waals surface area contributed by atoms with Crippen molar-refractivity contribution >= 4 is 23.5 Å². The Morgan fingerprint density at radius 2 is 1.81 bits per heavy atom. The third-order valence-electron chi connectivity index (χ3n) is 6.25. The van der Waals surface area contributed by atoms with Crippen LogP contribution in [0.2, 0.25) is 0 Å². The van der Waals surface area contributed by atoms with Crippen molar-refractivity contribution in [3.8, 4) is 5.75 Å². The molecule has 0 radical (unpaired) electrons. The van der Waals surface area contributed by atoms with E-state index in [0.29, 0.717) is 17.1 Å². The van der Waals surface area contributed by atoms with Crippen molar-refractivity contribution in [3.05, 3.63) is 45.7 Å². The van der Waals surface area contributed by atoms with Crippen LogP contribution in [0.3, 0.4) is 0 Å². The Labute approximate surface area is 188 Å². The SMILES string of the molecule is CCCCCOc1ccc([C@@H]2SCC(=O)Nc3c2c(=O)[nH]n3C2CCCCCC2)cc1. The first-order valence-corrected chi connectivity index (χ1v) is 12.7. The summed E-state index contributed by atoms with van der Waals surface area (Å²) in [6.45, 7) is 2.90. The standard InChI is InChI=1S/C24H33N3O3S/c1-2-3-8-15-30-19-13-11-17(12-14-19)22-21-23(25-20(28)16-31-22)27(26-24(21)29)18-9-6-4-5-7-10-18/h11-14,18,22H,2-10,15-16H2,1H3,(H,25,28)(H,26,29)/t22-/m0/s1. The molecule has 0 bridgehead atoms. The number of amides is 1. The number of aromatic nitrogens is 2. The molecule has 0 unspecified atom stereocenters. The number of rotatable bonds is 7. The summed E-state index contributed by atoms with van der Waals surface area (Å²) in [5.74, 6) is 1.79. The van der Waals surface area contributed by atoms with E-state index in [1.54, 1.807) is 0 Å². The van der Waals surface area contributed by atoms with Gasteiger partial charge in [0.25, 0.3) is 5.56 Å². The van der Waals surface area contributed by atoms with Crippen molar-refractivity contribution < 1.29 is 9.53 Å². The first-order valence-electron chi connectivity index (χ1n) is 11.7. The Bertz CT molecular complexity index is 927. The molecule has 0 spiro atoms. The van der Waals surface area contributed by atoms with Gasteiger partial charge in [-0.05, 0) is 37.0 Å². The van der Waals surface area contributed by atoms with E-state index in [1.807, 2.05) is 28.9 Å². The van der Waals surface area contributed by atoms with Gasteiger partial charge in [-0.3, -0.25) is 19.4 Å². The molecule has 1 atom stereocenters. The minimum Gasteiger partial charge on any atom is -0.494 e. The largest absolute Gasteiger partial charge is 0.494 e. The molecule has 0 saturated heterocycles. The second-order valence-electron chi connectivity index (χ2n) is 8.58. The quantitative estimate of drug-likeness (QED) is 0.443. The van der Waals surface area contributed by atoms with Crippen LogP contribution in [-0.4, -0.2) is 28.0 Å². The molecule has 1 fully saturated rings. The fourth-order valence-electron chi connectivity index (χ4n) is 4.58. The fourth-order valence-corrected chi connectivity index (χ4v) is 5.70. The lowest BCUT2D eigenvalue weighted by Crippen LogP contribution is -2.19. The summed E-state index contributed by atoms with van der Waals surface area (Å²) >= 11 is 1.51. The average molecular weight is 444 g/mol. The minimum absolute atomic E-state index is 0.0500. The van der Waals surface area contributed by atoms with E-state index in [9.17, 15) is 9.59 Å². The van der Waals surface area contributed by atoms with E-state index in [2.05, 4.69) is 17.3 Å². The number of thioether (sulfide) groups is 1. The van der Waals surface area contributed by atoms with E-state index in [-0.39, 0.29) is 22.8 Å². The molecule has 4 rings (SSSR count). The lowest BCUT2D eigenvalue weighted by Gasteiger charge is -2.19. The topological polar surface area (TPSA) is 76.1 Å². The fraction of sp³-hybridized carbons (Fsp3) is 0.583. The summed E-state index contributed by atoms with van der Waals surface area (Å²) in [5, 5.41) is 5.91. The van der Waals surface area contributed by atoms with Crippen molar-refractivity contribution in [1.82, 2.24) is 9.78 Å². The number of hydrogen-bond acceptors (Lipinski definition) is 4. The highest BCUT2D eigenvalue weighted by molar-refractivity contribution is 8.00. The monoisotopic (exact) mass is 443 g/mol. The van der Waals surface area contributed by atoms with Gasteiger partial charge in [0.1, 0.15) is 11.6 Å². The zero-order valence-corrected chi connectivity index (χ0v) is 19.1. The number of nitrogens with one attached hydrogen (secondary N) is 2. The number of nitrogens with zero attached hydrogens (tertiary/aromatic N) is 1. The normalized spacial score (nSPS) is 19.9. The minimum atomic E-state index is -0.182. The summed E-state index contributed by atoms with van der Waals surface area (Å²) in [6, 6.07) is 8.22. The maximum absolute atomic E-state index is 13.1. The van der Waals surface area contributed by atoms with Crippen LogP contribution in [0.1, 0.15) is 87.1 Å². The molecule has 7 heteroatoms. The van der Waals surface area contributed by atoms with Gasteiger partial charge < -0.3 is 10.1 Å². The molecule has 31 heavy (non-hydrogen) atoms. The number of benzene rings is 1. The summed E-state index contributed by atoms with van der Waals surface area (Å²) in [7, 11) is 0. The molecule has 1 aromatic heterocycles. The molecule has 2 heterocycles.